The van der Waals surface area contributed by atoms with Crippen molar-refractivity contribution in [2.24, 2.45) is 10.9 Å². The van der Waals surface area contributed by atoms with Gasteiger partial charge in [0.2, 0.25) is 0 Å². The van der Waals surface area contributed by atoms with E-state index in [1.165, 1.54) is 6.07 Å². The second kappa shape index (κ2) is 5.76. The molecule has 100 valence electrons. The van der Waals surface area contributed by atoms with E-state index in [0.29, 0.717) is 16.4 Å². The van der Waals surface area contributed by atoms with E-state index < -0.39 is 5.97 Å². The predicted octanol–water partition coefficient (Wildman–Crippen LogP) is 4.23. The van der Waals surface area contributed by atoms with Gasteiger partial charge in [0.1, 0.15) is 0 Å². The first kappa shape index (κ1) is 14.1. The van der Waals surface area contributed by atoms with Gasteiger partial charge in [0.25, 0.3) is 0 Å². The molecule has 0 aromatic heterocycles. The van der Waals surface area contributed by atoms with Gasteiger partial charge in [-0.15, -0.1) is 11.6 Å². The Labute approximate surface area is 121 Å². The number of carboxylic acids is 1. The van der Waals surface area contributed by atoms with Crippen molar-refractivity contribution in [2.75, 3.05) is 0 Å². The highest BCUT2D eigenvalue weighted by atomic mass is 35.5. The lowest BCUT2D eigenvalue weighted by Gasteiger charge is -2.23. The van der Waals surface area contributed by atoms with Gasteiger partial charge in [0.05, 0.1) is 27.4 Å². The number of alkyl halides is 1. The number of rotatable bonds is 2. The molecule has 1 N–H and O–H groups in total. The molecule has 1 aromatic carbocycles. The fraction of sp³-hybridized carbons (Fsp3) is 0.286. The number of carbonyl (C=O) groups is 1. The summed E-state index contributed by atoms with van der Waals surface area (Å²) in [4.78, 5) is 15.5. The van der Waals surface area contributed by atoms with Crippen LogP contribution in [0, 0.1) is 5.92 Å². The molecule has 0 bridgehead atoms. The molecule has 2 unspecified atom stereocenters. The van der Waals surface area contributed by atoms with E-state index in [1.807, 2.05) is 13.0 Å². The average Bonchev–Trinajstić information content (AvgIpc) is 2.39. The summed E-state index contributed by atoms with van der Waals surface area (Å²) >= 11 is 12.4. The van der Waals surface area contributed by atoms with E-state index in [1.54, 1.807) is 18.2 Å². The maximum absolute atomic E-state index is 11.1. The minimum Gasteiger partial charge on any atom is -0.478 e. The molecule has 0 amide bonds. The largest absolute Gasteiger partial charge is 0.478 e. The van der Waals surface area contributed by atoms with Crippen LogP contribution in [0.3, 0.4) is 0 Å². The number of hydrogen-bond acceptors (Lipinski definition) is 2. The molecule has 1 aromatic rings. The van der Waals surface area contributed by atoms with Gasteiger partial charge in [-0.3, -0.25) is 0 Å². The predicted molar refractivity (Wildman–Crippen MR) is 77.9 cm³/mol. The molecule has 19 heavy (non-hydrogen) atoms. The van der Waals surface area contributed by atoms with E-state index in [9.17, 15) is 4.79 Å². The summed E-state index contributed by atoms with van der Waals surface area (Å²) in [6, 6.07) is 6.55. The number of carboxylic acid groups (broad SMARTS) is 1. The number of para-hydroxylation sites is 1. The van der Waals surface area contributed by atoms with Crippen LogP contribution in [0.2, 0.25) is 0 Å². The molecule has 0 heterocycles. The highest BCUT2D eigenvalue weighted by Gasteiger charge is 2.27. The number of hydrogen-bond donors (Lipinski definition) is 1. The van der Waals surface area contributed by atoms with E-state index in [2.05, 4.69) is 4.99 Å². The zero-order chi connectivity index (χ0) is 14.0. The van der Waals surface area contributed by atoms with E-state index in [4.69, 9.17) is 28.3 Å². The van der Waals surface area contributed by atoms with E-state index >= 15 is 0 Å². The van der Waals surface area contributed by atoms with Crippen LogP contribution in [0.15, 0.2) is 40.4 Å². The summed E-state index contributed by atoms with van der Waals surface area (Å²) in [5.74, 6) is -0.796. The first-order valence-electron chi connectivity index (χ1n) is 5.91. The van der Waals surface area contributed by atoms with Gasteiger partial charge in [0.15, 0.2) is 0 Å². The summed E-state index contributed by atoms with van der Waals surface area (Å²) in [5, 5.41) is 9.32. The Bertz CT molecular complexity index is 566. The van der Waals surface area contributed by atoms with Crippen molar-refractivity contribution < 1.29 is 9.90 Å². The topological polar surface area (TPSA) is 49.7 Å². The highest BCUT2D eigenvalue weighted by Crippen LogP contribution is 2.31. The molecule has 3 nitrogen and oxygen atoms in total. The lowest BCUT2D eigenvalue weighted by molar-refractivity contribution is 0.0698. The first-order valence-corrected chi connectivity index (χ1v) is 6.73. The van der Waals surface area contributed by atoms with E-state index in [-0.39, 0.29) is 16.9 Å². The second-order valence-corrected chi connectivity index (χ2v) is 5.36. The van der Waals surface area contributed by atoms with Crippen LogP contribution in [-0.2, 0) is 0 Å². The fourth-order valence-corrected chi connectivity index (χ4v) is 2.49. The number of halogens is 2. The van der Waals surface area contributed by atoms with Crippen LogP contribution in [0.25, 0.3) is 0 Å². The van der Waals surface area contributed by atoms with Crippen molar-refractivity contribution >= 4 is 40.6 Å². The molecule has 2 rings (SSSR count). The number of aromatic carboxylic acids is 1. The molecule has 0 fully saturated rings. The zero-order valence-corrected chi connectivity index (χ0v) is 11.8. The molecule has 1 aliphatic rings. The smallest absolute Gasteiger partial charge is 0.337 e. The van der Waals surface area contributed by atoms with Gasteiger partial charge in [-0.1, -0.05) is 36.7 Å². The normalized spacial score (nSPS) is 25.2. The van der Waals surface area contributed by atoms with E-state index in [0.717, 1.165) is 6.42 Å². The quantitative estimate of drug-likeness (QED) is 0.831. The van der Waals surface area contributed by atoms with Gasteiger partial charge in [0, 0.05) is 0 Å². The third kappa shape index (κ3) is 2.99. The summed E-state index contributed by atoms with van der Waals surface area (Å²) in [5.41, 5.74) is 1.05. The molecule has 0 saturated heterocycles. The summed E-state index contributed by atoms with van der Waals surface area (Å²) in [6.07, 6.45) is 2.67. The Balaban J connectivity index is 2.48. The van der Waals surface area contributed by atoms with Crippen molar-refractivity contribution in [3.8, 4) is 0 Å². The van der Waals surface area contributed by atoms with Crippen molar-refractivity contribution in [3.63, 3.8) is 0 Å². The molecule has 0 aliphatic heterocycles. The molecule has 0 saturated carbocycles. The monoisotopic (exact) mass is 297 g/mol. The Morgan fingerprint density at radius 1 is 1.42 bits per heavy atom. The van der Waals surface area contributed by atoms with Crippen LogP contribution in [0.1, 0.15) is 23.7 Å². The van der Waals surface area contributed by atoms with Crippen molar-refractivity contribution in [1.29, 1.82) is 0 Å². The van der Waals surface area contributed by atoms with Gasteiger partial charge < -0.3 is 5.11 Å². The zero-order valence-electron chi connectivity index (χ0n) is 10.3. The Hall–Kier alpha value is -1.32. The van der Waals surface area contributed by atoms with Crippen LogP contribution < -0.4 is 0 Å². The average molecular weight is 298 g/mol. The van der Waals surface area contributed by atoms with Crippen LogP contribution in [0.5, 0.6) is 0 Å². The SMILES string of the molecule is CC1CC=C(Cl)C(=Nc2ccccc2C(=O)O)C1Cl. The summed E-state index contributed by atoms with van der Waals surface area (Å²) in [6.45, 7) is 2.01. The Morgan fingerprint density at radius 2 is 2.11 bits per heavy atom. The van der Waals surface area contributed by atoms with Crippen molar-refractivity contribution in [2.45, 2.75) is 18.7 Å². The maximum atomic E-state index is 11.1. The number of benzene rings is 1. The van der Waals surface area contributed by atoms with Crippen LogP contribution in [0.4, 0.5) is 5.69 Å². The van der Waals surface area contributed by atoms with Gasteiger partial charge in [-0.25, -0.2) is 9.79 Å². The number of aliphatic imine (C=N–C) groups is 1. The lowest BCUT2D eigenvalue weighted by atomic mass is 9.94. The first-order chi connectivity index (χ1) is 9.00. The maximum Gasteiger partial charge on any atom is 0.337 e. The van der Waals surface area contributed by atoms with Crippen LogP contribution >= 0.6 is 23.2 Å². The Morgan fingerprint density at radius 3 is 2.79 bits per heavy atom. The Kier molecular flexibility index (Phi) is 4.27. The molecular formula is C14H13Cl2NO2. The van der Waals surface area contributed by atoms with Crippen LogP contribution in [-0.4, -0.2) is 22.2 Å². The van der Waals surface area contributed by atoms with Crippen molar-refractivity contribution in [1.82, 2.24) is 0 Å². The lowest BCUT2D eigenvalue weighted by Crippen LogP contribution is -2.26. The molecule has 5 heteroatoms. The summed E-state index contributed by atoms with van der Waals surface area (Å²) in [7, 11) is 0. The standard InChI is InChI=1S/C14H13Cl2NO2/c1-8-6-7-10(15)13(12(8)16)17-11-5-3-2-4-9(11)14(18)19/h2-5,7-8,12H,6H2,1H3,(H,18,19). The van der Waals surface area contributed by atoms with Gasteiger partial charge in [-0.05, 0) is 24.5 Å². The number of allylic oxidation sites excluding steroid dienone is 2. The van der Waals surface area contributed by atoms with Crippen molar-refractivity contribution in [3.05, 3.63) is 40.9 Å². The minimum atomic E-state index is -1.02. The third-order valence-corrected chi connectivity index (χ3v) is 4.03. The van der Waals surface area contributed by atoms with Gasteiger partial charge >= 0.3 is 5.97 Å². The molecular weight excluding hydrogens is 285 g/mol. The third-order valence-electron chi connectivity index (χ3n) is 3.05. The highest BCUT2D eigenvalue weighted by molar-refractivity contribution is 6.50. The minimum absolute atomic E-state index is 0.140. The molecule has 0 spiro atoms. The molecule has 0 radical (unpaired) electrons. The second-order valence-electron chi connectivity index (χ2n) is 4.49. The van der Waals surface area contributed by atoms with Gasteiger partial charge in [-0.2, -0.15) is 0 Å². The molecule has 1 aliphatic carbocycles. The molecule has 2 atom stereocenters. The number of nitrogens with zero attached hydrogens (tertiary/aromatic N) is 1. The summed E-state index contributed by atoms with van der Waals surface area (Å²) < 4.78 is 0. The fourth-order valence-electron chi connectivity index (χ4n) is 1.91.